The second-order valence-electron chi connectivity index (χ2n) is 3.12. The van der Waals surface area contributed by atoms with Crippen LogP contribution in [-0.2, 0) is 11.2 Å². The summed E-state index contributed by atoms with van der Waals surface area (Å²) in [6.07, 6.45) is 0.841. The fourth-order valence-electron chi connectivity index (χ4n) is 1.06. The molecule has 0 saturated carbocycles. The molecule has 2 N–H and O–H groups in total. The molecule has 1 atom stereocenters. The standard InChI is InChI=1S/C9H14N2O2S/c1-6-8(14-5-11-6)3-4-10-7(2)9(12)13/h5,7,10H,3-4H2,1-2H3,(H,12,13)/t7-/m0/s1. The molecular formula is C9H14N2O2S. The Labute approximate surface area is 87.0 Å². The van der Waals surface area contributed by atoms with E-state index in [9.17, 15) is 4.79 Å². The van der Waals surface area contributed by atoms with Gasteiger partial charge in [0.2, 0.25) is 0 Å². The molecule has 5 heteroatoms. The fraction of sp³-hybridized carbons (Fsp3) is 0.556. The van der Waals surface area contributed by atoms with Gasteiger partial charge in [-0.25, -0.2) is 4.98 Å². The Morgan fingerprint density at radius 3 is 3.00 bits per heavy atom. The van der Waals surface area contributed by atoms with Crippen molar-refractivity contribution in [1.29, 1.82) is 0 Å². The van der Waals surface area contributed by atoms with Gasteiger partial charge in [0.1, 0.15) is 6.04 Å². The second kappa shape index (κ2) is 5.07. The summed E-state index contributed by atoms with van der Waals surface area (Å²) in [6.45, 7) is 4.28. The Morgan fingerprint density at radius 2 is 2.50 bits per heavy atom. The zero-order valence-electron chi connectivity index (χ0n) is 8.28. The number of carbonyl (C=O) groups is 1. The van der Waals surface area contributed by atoms with Crippen molar-refractivity contribution in [2.75, 3.05) is 6.54 Å². The predicted octanol–water partition coefficient (Wildman–Crippen LogP) is 1.06. The van der Waals surface area contributed by atoms with Gasteiger partial charge in [0, 0.05) is 11.4 Å². The largest absolute Gasteiger partial charge is 0.480 e. The Hall–Kier alpha value is -0.940. The van der Waals surface area contributed by atoms with Crippen LogP contribution in [0.5, 0.6) is 0 Å². The first-order chi connectivity index (χ1) is 6.61. The smallest absolute Gasteiger partial charge is 0.320 e. The highest BCUT2D eigenvalue weighted by molar-refractivity contribution is 7.09. The third-order valence-corrected chi connectivity index (χ3v) is 3.01. The van der Waals surface area contributed by atoms with Crippen LogP contribution in [0.15, 0.2) is 5.51 Å². The molecular weight excluding hydrogens is 200 g/mol. The molecule has 0 amide bonds. The fourth-order valence-corrected chi connectivity index (χ4v) is 1.84. The number of aryl methyl sites for hydroxylation is 1. The van der Waals surface area contributed by atoms with Crippen molar-refractivity contribution in [3.8, 4) is 0 Å². The molecule has 1 aromatic rings. The highest BCUT2D eigenvalue weighted by atomic mass is 32.1. The van der Waals surface area contributed by atoms with Crippen LogP contribution in [0.2, 0.25) is 0 Å². The molecule has 78 valence electrons. The molecule has 0 saturated heterocycles. The van der Waals surface area contributed by atoms with Gasteiger partial charge in [-0.15, -0.1) is 11.3 Å². The number of nitrogens with zero attached hydrogens (tertiary/aromatic N) is 1. The second-order valence-corrected chi connectivity index (χ2v) is 4.06. The Morgan fingerprint density at radius 1 is 1.79 bits per heavy atom. The molecule has 0 aliphatic rings. The maximum absolute atomic E-state index is 10.5. The van der Waals surface area contributed by atoms with E-state index in [1.54, 1.807) is 18.3 Å². The maximum atomic E-state index is 10.5. The molecule has 0 radical (unpaired) electrons. The van der Waals surface area contributed by atoms with Crippen LogP contribution >= 0.6 is 11.3 Å². The summed E-state index contributed by atoms with van der Waals surface area (Å²) in [5, 5.41) is 11.5. The lowest BCUT2D eigenvalue weighted by Crippen LogP contribution is -2.34. The number of hydrogen-bond acceptors (Lipinski definition) is 4. The van der Waals surface area contributed by atoms with Crippen molar-refractivity contribution < 1.29 is 9.90 Å². The van der Waals surface area contributed by atoms with Gasteiger partial charge in [0.15, 0.2) is 0 Å². The third-order valence-electron chi connectivity index (χ3n) is 2.02. The molecule has 14 heavy (non-hydrogen) atoms. The number of thiazole rings is 1. The van der Waals surface area contributed by atoms with Gasteiger partial charge >= 0.3 is 5.97 Å². The third kappa shape index (κ3) is 3.08. The van der Waals surface area contributed by atoms with Crippen LogP contribution in [0.3, 0.4) is 0 Å². The van der Waals surface area contributed by atoms with E-state index in [1.165, 1.54) is 4.88 Å². The zero-order chi connectivity index (χ0) is 10.6. The van der Waals surface area contributed by atoms with Crippen LogP contribution in [-0.4, -0.2) is 28.6 Å². The average Bonchev–Trinajstić information content (AvgIpc) is 2.51. The van der Waals surface area contributed by atoms with Gasteiger partial charge in [-0.3, -0.25) is 4.79 Å². The number of aromatic nitrogens is 1. The van der Waals surface area contributed by atoms with Crippen LogP contribution in [0.4, 0.5) is 0 Å². The number of aliphatic carboxylic acids is 1. The molecule has 1 rings (SSSR count). The number of nitrogens with one attached hydrogen (secondary N) is 1. The highest BCUT2D eigenvalue weighted by Gasteiger charge is 2.09. The van der Waals surface area contributed by atoms with E-state index in [-0.39, 0.29) is 0 Å². The van der Waals surface area contributed by atoms with Gasteiger partial charge in [-0.2, -0.15) is 0 Å². The molecule has 0 spiro atoms. The van der Waals surface area contributed by atoms with Gasteiger partial charge in [-0.05, 0) is 20.3 Å². The first-order valence-electron chi connectivity index (χ1n) is 4.46. The van der Waals surface area contributed by atoms with Gasteiger partial charge in [-0.1, -0.05) is 0 Å². The van der Waals surface area contributed by atoms with Crippen LogP contribution in [0.25, 0.3) is 0 Å². The molecule has 4 nitrogen and oxygen atoms in total. The predicted molar refractivity (Wildman–Crippen MR) is 55.7 cm³/mol. The SMILES string of the molecule is Cc1ncsc1CCN[C@@H](C)C(=O)O. The normalized spacial score (nSPS) is 12.7. The Kier molecular flexibility index (Phi) is 4.03. The topological polar surface area (TPSA) is 62.2 Å². The molecule has 0 aliphatic heterocycles. The minimum atomic E-state index is -0.814. The molecule has 0 aromatic carbocycles. The number of carboxylic acids is 1. The van der Waals surface area contributed by atoms with E-state index in [2.05, 4.69) is 10.3 Å². The number of carboxylic acid groups (broad SMARTS) is 1. The van der Waals surface area contributed by atoms with Gasteiger partial charge in [0.05, 0.1) is 11.2 Å². The summed E-state index contributed by atoms with van der Waals surface area (Å²) >= 11 is 1.61. The van der Waals surface area contributed by atoms with Crippen molar-refractivity contribution >= 4 is 17.3 Å². The summed E-state index contributed by atoms with van der Waals surface area (Å²) in [4.78, 5) is 15.8. The van der Waals surface area contributed by atoms with E-state index in [0.717, 1.165) is 12.1 Å². The van der Waals surface area contributed by atoms with E-state index >= 15 is 0 Å². The molecule has 1 aromatic heterocycles. The van der Waals surface area contributed by atoms with Crippen molar-refractivity contribution in [2.45, 2.75) is 26.3 Å². The number of hydrogen-bond donors (Lipinski definition) is 2. The number of rotatable bonds is 5. The molecule has 0 aliphatic carbocycles. The summed E-state index contributed by atoms with van der Waals surface area (Å²) < 4.78 is 0. The monoisotopic (exact) mass is 214 g/mol. The summed E-state index contributed by atoms with van der Waals surface area (Å²) in [7, 11) is 0. The molecule has 0 unspecified atom stereocenters. The lowest BCUT2D eigenvalue weighted by Gasteiger charge is -2.07. The summed E-state index contributed by atoms with van der Waals surface area (Å²) in [5.74, 6) is -0.814. The van der Waals surface area contributed by atoms with E-state index < -0.39 is 12.0 Å². The van der Waals surface area contributed by atoms with Gasteiger partial charge in [0.25, 0.3) is 0 Å². The van der Waals surface area contributed by atoms with Crippen molar-refractivity contribution in [3.63, 3.8) is 0 Å². The van der Waals surface area contributed by atoms with E-state index in [4.69, 9.17) is 5.11 Å². The van der Waals surface area contributed by atoms with Crippen LogP contribution in [0, 0.1) is 6.92 Å². The summed E-state index contributed by atoms with van der Waals surface area (Å²) in [6, 6.07) is -0.483. The van der Waals surface area contributed by atoms with Crippen molar-refractivity contribution in [3.05, 3.63) is 16.1 Å². The van der Waals surface area contributed by atoms with Crippen LogP contribution < -0.4 is 5.32 Å². The van der Waals surface area contributed by atoms with E-state index in [0.29, 0.717) is 6.54 Å². The maximum Gasteiger partial charge on any atom is 0.320 e. The molecule has 0 fully saturated rings. The molecule has 1 heterocycles. The minimum Gasteiger partial charge on any atom is -0.480 e. The zero-order valence-corrected chi connectivity index (χ0v) is 9.10. The average molecular weight is 214 g/mol. The first kappa shape index (κ1) is 11.1. The van der Waals surface area contributed by atoms with Crippen molar-refractivity contribution in [2.24, 2.45) is 0 Å². The van der Waals surface area contributed by atoms with Gasteiger partial charge < -0.3 is 10.4 Å². The van der Waals surface area contributed by atoms with Crippen molar-refractivity contribution in [1.82, 2.24) is 10.3 Å². The highest BCUT2D eigenvalue weighted by Crippen LogP contribution is 2.11. The molecule has 0 bridgehead atoms. The Balaban J connectivity index is 2.29. The lowest BCUT2D eigenvalue weighted by molar-refractivity contribution is -0.138. The van der Waals surface area contributed by atoms with E-state index in [1.807, 2.05) is 12.4 Å². The lowest BCUT2D eigenvalue weighted by atomic mass is 10.3. The van der Waals surface area contributed by atoms with Crippen LogP contribution in [0.1, 0.15) is 17.5 Å². The first-order valence-corrected chi connectivity index (χ1v) is 5.34. The summed E-state index contributed by atoms with van der Waals surface area (Å²) in [5.41, 5.74) is 2.85. The minimum absolute atomic E-state index is 0.483. The quantitative estimate of drug-likeness (QED) is 0.769. The Bertz CT molecular complexity index is 312.